The van der Waals surface area contributed by atoms with E-state index in [1.54, 1.807) is 0 Å². The molecule has 1 N–H and O–H groups in total. The average Bonchev–Trinajstić information content (AvgIpc) is 3.10. The van der Waals surface area contributed by atoms with E-state index in [1.165, 1.54) is 5.56 Å². The van der Waals surface area contributed by atoms with Crippen molar-refractivity contribution in [2.45, 2.75) is 32.3 Å². The average molecular weight is 242 g/mol. The highest BCUT2D eigenvalue weighted by Crippen LogP contribution is 2.54. The third kappa shape index (κ3) is 1.97. The van der Waals surface area contributed by atoms with Crippen LogP contribution in [0.15, 0.2) is 40.8 Å². The highest BCUT2D eigenvalue weighted by molar-refractivity contribution is 5.31. The smallest absolute Gasteiger partial charge is 0.106 e. The molecule has 1 aliphatic carbocycles. The minimum Gasteiger partial charge on any atom is -0.466 e. The zero-order valence-corrected chi connectivity index (χ0v) is 10.8. The molecule has 0 amide bonds. The third-order valence-corrected chi connectivity index (χ3v) is 3.87. The maximum atomic E-state index is 10.4. The van der Waals surface area contributed by atoms with Crippen LogP contribution in [0, 0.1) is 19.8 Å². The molecule has 1 aromatic carbocycles. The first-order valence-corrected chi connectivity index (χ1v) is 6.46. The molecule has 1 aromatic heterocycles. The molecule has 3 atom stereocenters. The molecule has 18 heavy (non-hydrogen) atoms. The molecule has 2 nitrogen and oxygen atoms in total. The van der Waals surface area contributed by atoms with Gasteiger partial charge in [0.25, 0.3) is 0 Å². The molecule has 0 saturated heterocycles. The molecule has 3 rings (SSSR count). The Balaban J connectivity index is 1.77. The molecule has 2 aromatic rings. The van der Waals surface area contributed by atoms with Gasteiger partial charge in [-0.25, -0.2) is 0 Å². The quantitative estimate of drug-likeness (QED) is 0.889. The number of aryl methyl sites for hydroxylation is 2. The topological polar surface area (TPSA) is 33.4 Å². The molecule has 0 spiro atoms. The van der Waals surface area contributed by atoms with Gasteiger partial charge in [-0.05, 0) is 43.7 Å². The van der Waals surface area contributed by atoms with Crippen molar-refractivity contribution < 1.29 is 9.52 Å². The maximum Gasteiger partial charge on any atom is 0.106 e. The lowest BCUT2D eigenvalue weighted by Gasteiger charge is -2.09. The van der Waals surface area contributed by atoms with Gasteiger partial charge < -0.3 is 9.52 Å². The number of aliphatic hydroxyl groups is 1. The maximum absolute atomic E-state index is 10.4. The second-order valence-electron chi connectivity index (χ2n) is 5.23. The fourth-order valence-corrected chi connectivity index (χ4v) is 2.82. The molecule has 0 bridgehead atoms. The Hall–Kier alpha value is -1.54. The van der Waals surface area contributed by atoms with Crippen molar-refractivity contribution in [2.24, 2.45) is 5.92 Å². The van der Waals surface area contributed by atoms with Crippen molar-refractivity contribution in [1.29, 1.82) is 0 Å². The van der Waals surface area contributed by atoms with Crippen LogP contribution in [0.5, 0.6) is 0 Å². The fraction of sp³-hybridized carbons (Fsp3) is 0.375. The summed E-state index contributed by atoms with van der Waals surface area (Å²) in [7, 11) is 0. The highest BCUT2D eigenvalue weighted by atomic mass is 16.3. The Labute approximate surface area is 107 Å². The molecule has 94 valence electrons. The molecular formula is C16H18O2. The number of furan rings is 1. The van der Waals surface area contributed by atoms with Gasteiger partial charge in [0.1, 0.15) is 11.5 Å². The first-order valence-electron chi connectivity index (χ1n) is 6.46. The Morgan fingerprint density at radius 3 is 2.56 bits per heavy atom. The number of hydrogen-bond acceptors (Lipinski definition) is 2. The van der Waals surface area contributed by atoms with Crippen LogP contribution in [-0.2, 0) is 0 Å². The van der Waals surface area contributed by atoms with Crippen LogP contribution in [0.2, 0.25) is 0 Å². The first kappa shape index (κ1) is 11.5. The van der Waals surface area contributed by atoms with Crippen molar-refractivity contribution in [3.05, 3.63) is 59.0 Å². The van der Waals surface area contributed by atoms with E-state index in [2.05, 4.69) is 24.3 Å². The van der Waals surface area contributed by atoms with Gasteiger partial charge >= 0.3 is 0 Å². The monoisotopic (exact) mass is 242 g/mol. The normalized spacial score (nSPS) is 23.9. The number of hydrogen-bond donors (Lipinski definition) is 1. The van der Waals surface area contributed by atoms with Gasteiger partial charge in [0.05, 0.1) is 6.10 Å². The Bertz CT molecular complexity index is 541. The largest absolute Gasteiger partial charge is 0.466 e. The third-order valence-electron chi connectivity index (χ3n) is 3.87. The Kier molecular flexibility index (Phi) is 2.75. The van der Waals surface area contributed by atoms with E-state index in [-0.39, 0.29) is 0 Å². The van der Waals surface area contributed by atoms with E-state index in [4.69, 9.17) is 4.42 Å². The van der Waals surface area contributed by atoms with E-state index in [0.717, 1.165) is 23.5 Å². The summed E-state index contributed by atoms with van der Waals surface area (Å²) < 4.78 is 5.49. The molecule has 0 aliphatic heterocycles. The van der Waals surface area contributed by atoms with Crippen LogP contribution in [0.4, 0.5) is 0 Å². The fourth-order valence-electron chi connectivity index (χ4n) is 2.82. The molecule has 1 aliphatic rings. The van der Waals surface area contributed by atoms with Crippen LogP contribution in [0.25, 0.3) is 0 Å². The predicted molar refractivity (Wildman–Crippen MR) is 70.4 cm³/mol. The van der Waals surface area contributed by atoms with E-state index < -0.39 is 6.10 Å². The highest BCUT2D eigenvalue weighted by Gasteiger charge is 2.44. The van der Waals surface area contributed by atoms with E-state index >= 15 is 0 Å². The molecule has 2 heteroatoms. The van der Waals surface area contributed by atoms with Crippen LogP contribution in [-0.4, -0.2) is 5.11 Å². The van der Waals surface area contributed by atoms with Gasteiger partial charge in [0.15, 0.2) is 0 Å². The molecular weight excluding hydrogens is 224 g/mol. The summed E-state index contributed by atoms with van der Waals surface area (Å²) in [6.45, 7) is 3.84. The Morgan fingerprint density at radius 1 is 1.22 bits per heavy atom. The van der Waals surface area contributed by atoms with E-state index in [1.807, 2.05) is 26.0 Å². The van der Waals surface area contributed by atoms with Gasteiger partial charge in [0, 0.05) is 5.56 Å². The van der Waals surface area contributed by atoms with Gasteiger partial charge in [-0.2, -0.15) is 0 Å². The molecule has 3 unspecified atom stereocenters. The number of rotatable bonds is 3. The lowest BCUT2D eigenvalue weighted by molar-refractivity contribution is 0.149. The first-order chi connectivity index (χ1) is 8.66. The van der Waals surface area contributed by atoms with Crippen molar-refractivity contribution >= 4 is 0 Å². The standard InChI is InChI=1S/C16H18O2/c1-10-8-13(11(2)18-10)16(17)15-9-14(15)12-6-4-3-5-7-12/h3-8,14-17H,9H2,1-2H3. The van der Waals surface area contributed by atoms with E-state index in [9.17, 15) is 5.11 Å². The molecule has 1 fully saturated rings. The zero-order chi connectivity index (χ0) is 12.7. The molecule has 1 saturated carbocycles. The van der Waals surface area contributed by atoms with Crippen LogP contribution in [0.3, 0.4) is 0 Å². The predicted octanol–water partition coefficient (Wildman–Crippen LogP) is 3.73. The summed E-state index contributed by atoms with van der Waals surface area (Å²) in [5.41, 5.74) is 2.29. The van der Waals surface area contributed by atoms with Gasteiger partial charge in [-0.15, -0.1) is 0 Å². The lowest BCUT2D eigenvalue weighted by atomic mass is 10.0. The molecule has 1 heterocycles. The van der Waals surface area contributed by atoms with Gasteiger partial charge in [0.2, 0.25) is 0 Å². The molecule has 0 radical (unpaired) electrons. The van der Waals surface area contributed by atoms with Crippen molar-refractivity contribution in [3.63, 3.8) is 0 Å². The van der Waals surface area contributed by atoms with Crippen molar-refractivity contribution in [3.8, 4) is 0 Å². The zero-order valence-electron chi connectivity index (χ0n) is 10.8. The summed E-state index contributed by atoms with van der Waals surface area (Å²) in [6.07, 6.45) is 0.669. The minimum absolute atomic E-state index is 0.336. The van der Waals surface area contributed by atoms with Crippen LogP contribution >= 0.6 is 0 Å². The second kappa shape index (κ2) is 4.29. The SMILES string of the molecule is Cc1cc(C(O)C2CC2c2ccccc2)c(C)o1. The Morgan fingerprint density at radius 2 is 1.94 bits per heavy atom. The summed E-state index contributed by atoms with van der Waals surface area (Å²) in [5, 5.41) is 10.4. The summed E-state index contributed by atoms with van der Waals surface area (Å²) in [5.74, 6) is 2.55. The van der Waals surface area contributed by atoms with Crippen LogP contribution < -0.4 is 0 Å². The summed E-state index contributed by atoms with van der Waals surface area (Å²) in [6, 6.07) is 12.4. The van der Waals surface area contributed by atoms with Gasteiger partial charge in [-0.1, -0.05) is 30.3 Å². The summed E-state index contributed by atoms with van der Waals surface area (Å²) in [4.78, 5) is 0. The van der Waals surface area contributed by atoms with Crippen LogP contribution in [0.1, 0.15) is 41.1 Å². The van der Waals surface area contributed by atoms with E-state index in [0.29, 0.717) is 11.8 Å². The summed E-state index contributed by atoms with van der Waals surface area (Å²) >= 11 is 0. The lowest BCUT2D eigenvalue weighted by Crippen LogP contribution is -2.01. The van der Waals surface area contributed by atoms with Crippen molar-refractivity contribution in [1.82, 2.24) is 0 Å². The number of benzene rings is 1. The number of aliphatic hydroxyl groups excluding tert-OH is 1. The van der Waals surface area contributed by atoms with Crippen molar-refractivity contribution in [2.75, 3.05) is 0 Å². The second-order valence-corrected chi connectivity index (χ2v) is 5.23. The minimum atomic E-state index is -0.396. The van der Waals surface area contributed by atoms with Gasteiger partial charge in [-0.3, -0.25) is 0 Å².